The zero-order valence-electron chi connectivity index (χ0n) is 9.76. The molecule has 17 heavy (non-hydrogen) atoms. The Bertz CT molecular complexity index is 378. The van der Waals surface area contributed by atoms with Crippen LogP contribution in [-0.2, 0) is 6.42 Å². The first kappa shape index (κ1) is 13.2. The Morgan fingerprint density at radius 2 is 1.94 bits per heavy atom. The Morgan fingerprint density at radius 1 is 1.18 bits per heavy atom. The second-order valence-corrected chi connectivity index (χ2v) is 5.85. The lowest BCUT2D eigenvalue weighted by Gasteiger charge is -2.19. The number of rotatable bonds is 2. The molecule has 1 aromatic carbocycles. The maximum Gasteiger partial charge on any atom is 0.126 e. The normalized spacial score (nSPS) is 25.6. The molecule has 1 fully saturated rings. The SMILES string of the molecule is Fc1ccc(Cl)cc1CC1CCCCCC1Cl. The fourth-order valence-electron chi connectivity index (χ4n) is 2.55. The van der Waals surface area contributed by atoms with E-state index in [0.29, 0.717) is 22.9 Å². The van der Waals surface area contributed by atoms with Crippen molar-refractivity contribution in [3.8, 4) is 0 Å². The molecule has 0 nitrogen and oxygen atoms in total. The second-order valence-electron chi connectivity index (χ2n) is 4.85. The van der Waals surface area contributed by atoms with Gasteiger partial charge in [0.15, 0.2) is 0 Å². The molecule has 2 rings (SSSR count). The van der Waals surface area contributed by atoms with Gasteiger partial charge in [0.05, 0.1) is 0 Å². The van der Waals surface area contributed by atoms with E-state index in [9.17, 15) is 4.39 Å². The van der Waals surface area contributed by atoms with Gasteiger partial charge in [-0.25, -0.2) is 4.39 Å². The molecule has 0 radical (unpaired) electrons. The third kappa shape index (κ3) is 3.59. The summed E-state index contributed by atoms with van der Waals surface area (Å²) in [5, 5.41) is 0.775. The molecule has 0 heterocycles. The van der Waals surface area contributed by atoms with Crippen LogP contribution in [-0.4, -0.2) is 5.38 Å². The van der Waals surface area contributed by atoms with Crippen LogP contribution >= 0.6 is 23.2 Å². The fourth-order valence-corrected chi connectivity index (χ4v) is 3.12. The molecule has 0 aliphatic heterocycles. The minimum atomic E-state index is -0.164. The first-order valence-corrected chi connectivity index (χ1v) is 7.06. The van der Waals surface area contributed by atoms with E-state index in [2.05, 4.69) is 0 Å². The summed E-state index contributed by atoms with van der Waals surface area (Å²) in [4.78, 5) is 0. The van der Waals surface area contributed by atoms with Gasteiger partial charge in [-0.05, 0) is 48.9 Å². The van der Waals surface area contributed by atoms with Crippen molar-refractivity contribution in [2.24, 2.45) is 5.92 Å². The zero-order chi connectivity index (χ0) is 12.3. The van der Waals surface area contributed by atoms with Crippen LogP contribution in [0.25, 0.3) is 0 Å². The number of benzene rings is 1. The predicted molar refractivity (Wildman–Crippen MR) is 71.3 cm³/mol. The maximum atomic E-state index is 13.7. The predicted octanol–water partition coefficient (Wildman–Crippen LogP) is 5.21. The van der Waals surface area contributed by atoms with E-state index in [4.69, 9.17) is 23.2 Å². The lowest BCUT2D eigenvalue weighted by Crippen LogP contribution is -2.16. The van der Waals surface area contributed by atoms with Gasteiger partial charge in [0.25, 0.3) is 0 Å². The Labute approximate surface area is 112 Å². The topological polar surface area (TPSA) is 0 Å². The number of hydrogen-bond acceptors (Lipinski definition) is 0. The third-order valence-corrected chi connectivity index (χ3v) is 4.37. The summed E-state index contributed by atoms with van der Waals surface area (Å²) in [6, 6.07) is 4.76. The molecule has 0 saturated heterocycles. The van der Waals surface area contributed by atoms with Crippen LogP contribution in [0.15, 0.2) is 18.2 Å². The minimum absolute atomic E-state index is 0.164. The summed E-state index contributed by atoms with van der Waals surface area (Å²) in [5.41, 5.74) is 0.704. The van der Waals surface area contributed by atoms with Crippen molar-refractivity contribution in [3.05, 3.63) is 34.6 Å². The maximum absolute atomic E-state index is 13.7. The van der Waals surface area contributed by atoms with Gasteiger partial charge in [-0.15, -0.1) is 11.6 Å². The van der Waals surface area contributed by atoms with E-state index in [1.165, 1.54) is 25.3 Å². The molecule has 0 bridgehead atoms. The van der Waals surface area contributed by atoms with Gasteiger partial charge in [-0.3, -0.25) is 0 Å². The lowest BCUT2D eigenvalue weighted by atomic mass is 9.92. The van der Waals surface area contributed by atoms with Crippen LogP contribution in [0.3, 0.4) is 0 Å². The van der Waals surface area contributed by atoms with E-state index in [0.717, 1.165) is 12.8 Å². The molecule has 0 spiro atoms. The highest BCUT2D eigenvalue weighted by molar-refractivity contribution is 6.30. The molecule has 1 saturated carbocycles. The average Bonchev–Trinajstić information content (AvgIpc) is 2.50. The number of alkyl halides is 1. The smallest absolute Gasteiger partial charge is 0.126 e. The van der Waals surface area contributed by atoms with Crippen molar-refractivity contribution in [1.29, 1.82) is 0 Å². The average molecular weight is 275 g/mol. The van der Waals surface area contributed by atoms with Crippen molar-refractivity contribution < 1.29 is 4.39 Å². The molecule has 2 unspecified atom stereocenters. The second kappa shape index (κ2) is 6.06. The quantitative estimate of drug-likeness (QED) is 0.513. The molecular weight excluding hydrogens is 258 g/mol. The van der Waals surface area contributed by atoms with Crippen LogP contribution in [0.5, 0.6) is 0 Å². The first-order chi connectivity index (χ1) is 8.16. The summed E-state index contributed by atoms with van der Waals surface area (Å²) in [6.45, 7) is 0. The van der Waals surface area contributed by atoms with Crippen molar-refractivity contribution in [2.45, 2.75) is 43.9 Å². The summed E-state index contributed by atoms with van der Waals surface area (Å²) >= 11 is 12.3. The minimum Gasteiger partial charge on any atom is -0.207 e. The van der Waals surface area contributed by atoms with E-state index in [1.54, 1.807) is 12.1 Å². The zero-order valence-corrected chi connectivity index (χ0v) is 11.3. The third-order valence-electron chi connectivity index (χ3n) is 3.56. The Morgan fingerprint density at radius 3 is 2.76 bits per heavy atom. The monoisotopic (exact) mass is 274 g/mol. The number of hydrogen-bond donors (Lipinski definition) is 0. The lowest BCUT2D eigenvalue weighted by molar-refractivity contribution is 0.454. The molecule has 1 aliphatic rings. The van der Waals surface area contributed by atoms with Crippen molar-refractivity contribution in [1.82, 2.24) is 0 Å². The Hall–Kier alpha value is -0.270. The summed E-state index contributed by atoms with van der Waals surface area (Å²) in [5.74, 6) is 0.217. The van der Waals surface area contributed by atoms with Gasteiger partial charge in [0, 0.05) is 10.4 Å². The molecule has 0 N–H and O–H groups in total. The van der Waals surface area contributed by atoms with E-state index >= 15 is 0 Å². The van der Waals surface area contributed by atoms with Crippen LogP contribution in [0.4, 0.5) is 4.39 Å². The van der Waals surface area contributed by atoms with Gasteiger partial charge < -0.3 is 0 Å². The summed E-state index contributed by atoms with van der Waals surface area (Å²) in [6.07, 6.45) is 6.51. The van der Waals surface area contributed by atoms with Crippen LogP contribution in [0.1, 0.15) is 37.7 Å². The van der Waals surface area contributed by atoms with Crippen LogP contribution in [0.2, 0.25) is 5.02 Å². The van der Waals surface area contributed by atoms with Crippen molar-refractivity contribution in [3.63, 3.8) is 0 Å². The van der Waals surface area contributed by atoms with Gasteiger partial charge in [-0.2, -0.15) is 0 Å². The summed E-state index contributed by atoms with van der Waals surface area (Å²) < 4.78 is 13.7. The highest BCUT2D eigenvalue weighted by Gasteiger charge is 2.23. The molecule has 1 aromatic rings. The Balaban J connectivity index is 2.10. The van der Waals surface area contributed by atoms with Gasteiger partial charge in [0.1, 0.15) is 5.82 Å². The first-order valence-electron chi connectivity index (χ1n) is 6.25. The molecule has 2 atom stereocenters. The van der Waals surface area contributed by atoms with Crippen LogP contribution in [0, 0.1) is 11.7 Å². The fraction of sp³-hybridized carbons (Fsp3) is 0.571. The van der Waals surface area contributed by atoms with Crippen molar-refractivity contribution >= 4 is 23.2 Å². The molecule has 1 aliphatic carbocycles. The van der Waals surface area contributed by atoms with Gasteiger partial charge >= 0.3 is 0 Å². The highest BCUT2D eigenvalue weighted by atomic mass is 35.5. The Kier molecular flexibility index (Phi) is 4.69. The number of halogens is 3. The molecule has 0 aromatic heterocycles. The van der Waals surface area contributed by atoms with Crippen LogP contribution < -0.4 is 0 Å². The molecule has 3 heteroatoms. The largest absolute Gasteiger partial charge is 0.207 e. The standard InChI is InChI=1S/C14H17Cl2F/c15-12-6-7-14(17)11(9-12)8-10-4-2-1-3-5-13(10)16/h6-7,9-10,13H,1-5,8H2. The van der Waals surface area contributed by atoms with E-state index in [-0.39, 0.29) is 11.2 Å². The summed E-state index contributed by atoms with van der Waals surface area (Å²) in [7, 11) is 0. The highest BCUT2D eigenvalue weighted by Crippen LogP contribution is 2.31. The van der Waals surface area contributed by atoms with E-state index < -0.39 is 0 Å². The van der Waals surface area contributed by atoms with Gasteiger partial charge in [-0.1, -0.05) is 30.9 Å². The molecule has 94 valence electrons. The van der Waals surface area contributed by atoms with Crippen molar-refractivity contribution in [2.75, 3.05) is 0 Å². The van der Waals surface area contributed by atoms with E-state index in [1.807, 2.05) is 0 Å². The molecular formula is C14H17Cl2F. The van der Waals surface area contributed by atoms with Gasteiger partial charge in [0.2, 0.25) is 0 Å². The molecule has 0 amide bonds.